The zero-order chi connectivity index (χ0) is 49.3. The van der Waals surface area contributed by atoms with Crippen molar-refractivity contribution in [3.8, 4) is 11.3 Å². The highest BCUT2D eigenvalue weighted by Crippen LogP contribution is 2.36. The molecule has 0 saturated carbocycles. The second-order valence-electron chi connectivity index (χ2n) is 18.8. The Hall–Kier alpha value is -4.40. The van der Waals surface area contributed by atoms with Gasteiger partial charge in [-0.1, -0.05) is 55.8 Å². The van der Waals surface area contributed by atoms with Crippen LogP contribution in [-0.4, -0.2) is 168 Å². The minimum absolute atomic E-state index is 0.0305. The van der Waals surface area contributed by atoms with Crippen LogP contribution in [-0.2, 0) is 49.3 Å². The number of methoxy groups -OCH3 is 2. The maximum absolute atomic E-state index is 14.1. The zero-order valence-electron chi connectivity index (χ0n) is 41.2. The van der Waals surface area contributed by atoms with Crippen LogP contribution >= 0.6 is 0 Å². The van der Waals surface area contributed by atoms with Crippen LogP contribution in [0.3, 0.4) is 0 Å². The molecule has 0 aliphatic carbocycles. The molecule has 5 rings (SSSR count). The van der Waals surface area contributed by atoms with Crippen LogP contribution < -0.4 is 4.90 Å². The first kappa shape index (κ1) is 53.6. The number of aryl methyl sites for hydroxylation is 1. The number of esters is 1. The van der Waals surface area contributed by atoms with E-state index < -0.39 is 103 Å². The lowest BCUT2D eigenvalue weighted by atomic mass is 9.79. The number of aromatic nitrogens is 3. The van der Waals surface area contributed by atoms with E-state index in [1.54, 1.807) is 50.5 Å². The number of anilines is 1. The number of carbonyl (C=O) groups is 2. The Morgan fingerprint density at radius 1 is 0.910 bits per heavy atom. The number of allylic oxidation sites excluding steroid dienone is 3. The number of rotatable bonds is 14. The van der Waals surface area contributed by atoms with E-state index in [9.17, 15) is 30.0 Å². The van der Waals surface area contributed by atoms with E-state index >= 15 is 0 Å². The van der Waals surface area contributed by atoms with E-state index in [1.807, 2.05) is 76.3 Å². The summed E-state index contributed by atoms with van der Waals surface area (Å²) >= 11 is 0. The summed E-state index contributed by atoms with van der Waals surface area (Å²) in [4.78, 5) is 31.7. The Labute approximate surface area is 395 Å². The van der Waals surface area contributed by atoms with Gasteiger partial charge in [-0.05, 0) is 78.3 Å². The maximum Gasteiger partial charge on any atom is 0.322 e. The second kappa shape index (κ2) is 24.2. The van der Waals surface area contributed by atoms with Crippen molar-refractivity contribution in [1.82, 2.24) is 19.9 Å². The molecule has 0 amide bonds. The van der Waals surface area contributed by atoms with Gasteiger partial charge in [0.05, 0.1) is 50.2 Å². The Morgan fingerprint density at radius 3 is 2.24 bits per heavy atom. The first-order valence-corrected chi connectivity index (χ1v) is 23.4. The van der Waals surface area contributed by atoms with Crippen LogP contribution in [0.25, 0.3) is 11.3 Å². The molecule has 1 aromatic carbocycles. The summed E-state index contributed by atoms with van der Waals surface area (Å²) in [6.07, 6.45) is -2.07. The van der Waals surface area contributed by atoms with Crippen LogP contribution in [0.4, 0.5) is 5.69 Å². The lowest BCUT2D eigenvalue weighted by molar-refractivity contribution is -0.304. The Bertz CT molecular complexity index is 2010. The molecule has 18 nitrogen and oxygen atoms in total. The van der Waals surface area contributed by atoms with Gasteiger partial charge >= 0.3 is 11.9 Å². The number of nitrogens with zero attached hydrogens (tertiary/aromatic N) is 5. The van der Waals surface area contributed by atoms with E-state index in [0.29, 0.717) is 37.1 Å². The van der Waals surface area contributed by atoms with Crippen LogP contribution in [0.2, 0.25) is 0 Å². The molecule has 67 heavy (non-hydrogen) atoms. The number of hydrogen-bond acceptors (Lipinski definition) is 17. The monoisotopic (exact) mass is 942 g/mol. The predicted molar refractivity (Wildman–Crippen MR) is 249 cm³/mol. The number of ether oxygens (including phenoxy) is 7. The topological polar surface area (TPSA) is 217 Å². The van der Waals surface area contributed by atoms with Gasteiger partial charge < -0.3 is 63.4 Å². The standard InChI is InChI=1S/C49H75N5O13/c1-13-39-34(26-63-49-47(62-12)46(61-11)43(59)31(6)65-49)22-27(2)14-19-37(55)28(3)23-33(20-21-54-25-36(50-51-54)32-15-17-35(18-16-32)52(7)8)45(29(4)38(56)24-40(57)66-39)67-48-44(60)41(53(9)10)42(58)30(5)64-48/h14-19,22,25,28-31,33-34,38-39,41-46,48,56,58-60H,13,20-21,23-24,26H2,1-12H3/b19-14+,27-22+/t28-,29+,30-,31?,33+,34-,38-,39-,41?,42-,43-,44?,45-,46+,48+/m1/s1. The molecular weight excluding hydrogens is 867 g/mol. The van der Waals surface area contributed by atoms with Gasteiger partial charge in [-0.3, -0.25) is 14.3 Å². The molecule has 4 heterocycles. The van der Waals surface area contributed by atoms with Crippen molar-refractivity contribution in [2.75, 3.05) is 53.9 Å². The number of carbonyl (C=O) groups excluding carboxylic acids is 2. The minimum Gasteiger partial charge on any atom is -0.492 e. The molecule has 2 aromatic rings. The Balaban J connectivity index is 1.49. The highest BCUT2D eigenvalue weighted by Gasteiger charge is 2.47. The highest BCUT2D eigenvalue weighted by molar-refractivity contribution is 5.91. The van der Waals surface area contributed by atoms with Crippen molar-refractivity contribution in [1.29, 1.82) is 0 Å². The van der Waals surface area contributed by atoms with Crippen molar-refractivity contribution >= 4 is 17.4 Å². The predicted octanol–water partition coefficient (Wildman–Crippen LogP) is 3.86. The fourth-order valence-corrected chi connectivity index (χ4v) is 9.15. The summed E-state index contributed by atoms with van der Waals surface area (Å²) in [5.74, 6) is -2.92. The van der Waals surface area contributed by atoms with Crippen molar-refractivity contribution in [2.45, 2.75) is 141 Å². The summed E-state index contributed by atoms with van der Waals surface area (Å²) < 4.78 is 43.9. The molecule has 0 radical (unpaired) electrons. The number of aliphatic hydroxyl groups is 4. The number of aliphatic hydroxyl groups excluding tert-OH is 4. The van der Waals surface area contributed by atoms with Crippen molar-refractivity contribution in [3.05, 3.63) is 66.0 Å². The average Bonchev–Trinajstić information content (AvgIpc) is 3.77. The molecule has 3 aliphatic rings. The molecule has 1 saturated heterocycles. The third kappa shape index (κ3) is 13.4. The second-order valence-corrected chi connectivity index (χ2v) is 18.8. The van der Waals surface area contributed by atoms with Crippen molar-refractivity contribution in [2.24, 2.45) is 23.7 Å². The molecule has 1 fully saturated rings. The molecule has 374 valence electrons. The van der Waals surface area contributed by atoms with Crippen LogP contribution in [0, 0.1) is 23.7 Å². The van der Waals surface area contributed by atoms with E-state index in [0.717, 1.165) is 11.3 Å². The molecule has 0 bridgehead atoms. The third-order valence-corrected chi connectivity index (χ3v) is 13.3. The first-order chi connectivity index (χ1) is 31.8. The smallest absolute Gasteiger partial charge is 0.322 e. The fraction of sp³-hybridized carbons (Fsp3) is 0.673. The summed E-state index contributed by atoms with van der Waals surface area (Å²) in [7, 11) is 10.3. The molecule has 3 unspecified atom stereocenters. The summed E-state index contributed by atoms with van der Waals surface area (Å²) in [5, 5.41) is 54.3. The highest BCUT2D eigenvalue weighted by atomic mass is 16.7. The summed E-state index contributed by atoms with van der Waals surface area (Å²) in [6.45, 7) is 11.0. The SMILES string of the molecule is CC[C@H]1OC(=O)C[C@@H](O)[C@H](C)[C@@H](O[C@@H]2O[C@H](C)[C@@H](O)C(N(C)C)C2O)[C@@H](CCn2cc(-c3ccc(N(C)C)cc3)nn2)C[C@@H](C)C(=O)/C=C/C(C)=C/[C@@H]1COC1=C(OC)[C@@H](OC)[C@H](O)C(C)O1. The van der Waals surface area contributed by atoms with Crippen LogP contribution in [0.15, 0.2) is 66.0 Å². The summed E-state index contributed by atoms with van der Waals surface area (Å²) in [6, 6.07) is 7.25. The molecular formula is C49H75N5O13. The van der Waals surface area contributed by atoms with E-state index in [-0.39, 0.29) is 24.1 Å². The van der Waals surface area contributed by atoms with Crippen LogP contribution in [0.5, 0.6) is 0 Å². The zero-order valence-corrected chi connectivity index (χ0v) is 41.2. The molecule has 15 atom stereocenters. The molecule has 1 aromatic heterocycles. The van der Waals surface area contributed by atoms with Gasteiger partial charge in [-0.25, -0.2) is 0 Å². The summed E-state index contributed by atoms with van der Waals surface area (Å²) in [5.41, 5.74) is 3.34. The van der Waals surface area contributed by atoms with E-state index in [2.05, 4.69) is 10.3 Å². The lowest BCUT2D eigenvalue weighted by Gasteiger charge is -2.46. The Kier molecular flexibility index (Phi) is 19.4. The average molecular weight is 942 g/mol. The quantitative estimate of drug-likeness (QED) is 0.198. The van der Waals surface area contributed by atoms with Gasteiger partial charge in [-0.2, -0.15) is 0 Å². The van der Waals surface area contributed by atoms with Crippen molar-refractivity contribution < 1.29 is 63.2 Å². The van der Waals surface area contributed by atoms with Crippen molar-refractivity contribution in [3.63, 3.8) is 0 Å². The van der Waals surface area contributed by atoms with Gasteiger partial charge in [0.2, 0.25) is 5.76 Å². The van der Waals surface area contributed by atoms with E-state index in [4.69, 9.17) is 33.2 Å². The maximum atomic E-state index is 14.1. The fourth-order valence-electron chi connectivity index (χ4n) is 9.15. The van der Waals surface area contributed by atoms with Gasteiger partial charge in [0.15, 0.2) is 18.2 Å². The molecule has 18 heteroatoms. The third-order valence-electron chi connectivity index (χ3n) is 13.3. The minimum atomic E-state index is -1.30. The van der Waals surface area contributed by atoms with E-state index in [1.165, 1.54) is 20.3 Å². The molecule has 4 N–H and O–H groups in total. The number of likely N-dealkylation sites (N-methyl/N-ethyl adjacent to an activating group) is 1. The van der Waals surface area contributed by atoms with Gasteiger partial charge in [0.1, 0.15) is 36.7 Å². The van der Waals surface area contributed by atoms with Gasteiger partial charge in [-0.15, -0.1) is 5.10 Å². The number of ketones is 1. The first-order valence-electron chi connectivity index (χ1n) is 23.4. The van der Waals surface area contributed by atoms with Gasteiger partial charge in [0, 0.05) is 56.8 Å². The van der Waals surface area contributed by atoms with Gasteiger partial charge in [0.25, 0.3) is 0 Å². The van der Waals surface area contributed by atoms with Crippen LogP contribution in [0.1, 0.15) is 67.2 Å². The largest absolute Gasteiger partial charge is 0.492 e. The number of cyclic esters (lactones) is 1. The normalized spacial score (nSPS) is 35.1. The number of benzene rings is 1. The lowest BCUT2D eigenvalue weighted by Crippen LogP contribution is -2.63. The molecule has 0 spiro atoms. The molecule has 3 aliphatic heterocycles. The Morgan fingerprint density at radius 2 is 1.61 bits per heavy atom. The number of hydrogen-bond donors (Lipinski definition) is 4.